The number of pyridine rings is 1. The van der Waals surface area contributed by atoms with E-state index < -0.39 is 0 Å². The first-order chi connectivity index (χ1) is 15.0. The van der Waals surface area contributed by atoms with E-state index in [-0.39, 0.29) is 5.78 Å². The van der Waals surface area contributed by atoms with Gasteiger partial charge in [-0.15, -0.1) is 10.2 Å². The van der Waals surface area contributed by atoms with Crippen molar-refractivity contribution in [2.75, 3.05) is 5.75 Å². The van der Waals surface area contributed by atoms with Crippen LogP contribution in [0.1, 0.15) is 27.3 Å². The molecule has 0 amide bonds. The van der Waals surface area contributed by atoms with E-state index in [1.54, 1.807) is 12.4 Å². The van der Waals surface area contributed by atoms with Crippen LogP contribution in [0.3, 0.4) is 0 Å². The van der Waals surface area contributed by atoms with Gasteiger partial charge in [0.25, 0.3) is 0 Å². The Bertz CT molecular complexity index is 1180. The average molecular weight is 432 g/mol. The van der Waals surface area contributed by atoms with Gasteiger partial charge < -0.3 is 9.13 Å². The van der Waals surface area contributed by atoms with E-state index in [9.17, 15) is 4.79 Å². The number of benzene rings is 1. The number of aromatic nitrogens is 5. The predicted octanol–water partition coefficient (Wildman–Crippen LogP) is 4.51. The third-order valence-electron chi connectivity index (χ3n) is 5.43. The molecule has 0 spiro atoms. The number of hydrogen-bond donors (Lipinski definition) is 0. The van der Waals surface area contributed by atoms with Gasteiger partial charge in [0.05, 0.1) is 5.75 Å². The average Bonchev–Trinajstić information content (AvgIpc) is 3.30. The van der Waals surface area contributed by atoms with E-state index >= 15 is 0 Å². The first-order valence-corrected chi connectivity index (χ1v) is 11.2. The summed E-state index contributed by atoms with van der Waals surface area (Å²) in [7, 11) is 1.91. The molecule has 3 heterocycles. The summed E-state index contributed by atoms with van der Waals surface area (Å²) in [5, 5.41) is 9.23. The van der Waals surface area contributed by atoms with Gasteiger partial charge in [0.2, 0.25) is 0 Å². The Morgan fingerprint density at radius 1 is 1.06 bits per heavy atom. The molecule has 4 aromatic rings. The molecule has 0 aliphatic heterocycles. The number of rotatable bonds is 8. The molecule has 0 unspecified atom stereocenters. The van der Waals surface area contributed by atoms with Gasteiger partial charge in [-0.3, -0.25) is 9.78 Å². The van der Waals surface area contributed by atoms with Crippen LogP contribution in [0, 0.1) is 13.8 Å². The molecule has 3 aromatic heterocycles. The van der Waals surface area contributed by atoms with Crippen molar-refractivity contribution in [3.8, 4) is 11.4 Å². The summed E-state index contributed by atoms with van der Waals surface area (Å²) in [6, 6.07) is 16.2. The summed E-state index contributed by atoms with van der Waals surface area (Å²) >= 11 is 1.41. The highest BCUT2D eigenvalue weighted by molar-refractivity contribution is 7.99. The van der Waals surface area contributed by atoms with Crippen LogP contribution in [0.2, 0.25) is 0 Å². The highest BCUT2D eigenvalue weighted by Gasteiger charge is 2.18. The maximum Gasteiger partial charge on any atom is 0.191 e. The highest BCUT2D eigenvalue weighted by Crippen LogP contribution is 2.24. The molecule has 31 heavy (non-hydrogen) atoms. The third kappa shape index (κ3) is 4.61. The molecule has 0 radical (unpaired) electrons. The van der Waals surface area contributed by atoms with Gasteiger partial charge in [-0.1, -0.05) is 42.1 Å². The quantitative estimate of drug-likeness (QED) is 0.303. The molecule has 4 rings (SSSR count). The van der Waals surface area contributed by atoms with E-state index in [2.05, 4.69) is 50.9 Å². The zero-order valence-corrected chi connectivity index (χ0v) is 18.8. The lowest BCUT2D eigenvalue weighted by molar-refractivity contribution is 0.102. The van der Waals surface area contributed by atoms with Crippen molar-refractivity contribution in [1.29, 1.82) is 0 Å². The SMILES string of the molecule is Cc1cc(C(=O)CSc2nnc(-c3cccnc3)n2C)c(C)n1CCc1ccccc1. The number of Topliss-reactive ketones (excluding diaryl/α,β-unsaturated/α-hetero) is 1. The topological polar surface area (TPSA) is 65.6 Å². The molecular formula is C24H25N5OS. The van der Waals surface area contributed by atoms with Crippen LogP contribution >= 0.6 is 11.8 Å². The number of aryl methyl sites for hydroxylation is 2. The first-order valence-electron chi connectivity index (χ1n) is 10.2. The Hall–Kier alpha value is -3.19. The Morgan fingerprint density at radius 2 is 1.87 bits per heavy atom. The minimum atomic E-state index is 0.106. The summed E-state index contributed by atoms with van der Waals surface area (Å²) < 4.78 is 4.13. The molecule has 0 N–H and O–H groups in total. The molecule has 0 saturated heterocycles. The fourth-order valence-electron chi connectivity index (χ4n) is 3.71. The molecular weight excluding hydrogens is 406 g/mol. The molecule has 1 aromatic carbocycles. The monoisotopic (exact) mass is 431 g/mol. The van der Waals surface area contributed by atoms with Crippen LogP contribution in [0.5, 0.6) is 0 Å². The van der Waals surface area contributed by atoms with E-state index in [4.69, 9.17) is 0 Å². The highest BCUT2D eigenvalue weighted by atomic mass is 32.2. The zero-order chi connectivity index (χ0) is 21.8. The maximum atomic E-state index is 13.0. The van der Waals surface area contributed by atoms with Crippen LogP contribution in [0.25, 0.3) is 11.4 Å². The second-order valence-corrected chi connectivity index (χ2v) is 8.43. The minimum Gasteiger partial charge on any atom is -0.348 e. The van der Waals surface area contributed by atoms with Crippen molar-refractivity contribution < 1.29 is 4.79 Å². The predicted molar refractivity (Wildman–Crippen MR) is 123 cm³/mol. The first kappa shape index (κ1) is 21.1. The van der Waals surface area contributed by atoms with Crippen molar-refractivity contribution in [1.82, 2.24) is 24.3 Å². The van der Waals surface area contributed by atoms with E-state index in [1.807, 2.05) is 42.8 Å². The molecule has 0 atom stereocenters. The Kier molecular flexibility index (Phi) is 6.32. The number of thioether (sulfide) groups is 1. The van der Waals surface area contributed by atoms with Crippen molar-refractivity contribution >= 4 is 17.5 Å². The maximum absolute atomic E-state index is 13.0. The summed E-state index contributed by atoms with van der Waals surface area (Å²) in [6.45, 7) is 4.95. The van der Waals surface area contributed by atoms with Crippen LogP contribution in [-0.4, -0.2) is 35.9 Å². The molecule has 0 aliphatic rings. The van der Waals surface area contributed by atoms with Crippen LogP contribution < -0.4 is 0 Å². The molecule has 0 saturated carbocycles. The van der Waals surface area contributed by atoms with Crippen LogP contribution in [-0.2, 0) is 20.0 Å². The molecule has 7 heteroatoms. The number of carbonyl (C=O) groups is 1. The molecule has 0 fully saturated rings. The van der Waals surface area contributed by atoms with E-state index in [0.717, 1.165) is 41.3 Å². The van der Waals surface area contributed by atoms with Gasteiger partial charge in [0, 0.05) is 48.5 Å². The van der Waals surface area contributed by atoms with Gasteiger partial charge in [0.15, 0.2) is 16.8 Å². The smallest absolute Gasteiger partial charge is 0.191 e. The van der Waals surface area contributed by atoms with Crippen molar-refractivity contribution in [2.45, 2.75) is 32.0 Å². The number of carbonyl (C=O) groups excluding carboxylic acids is 1. The lowest BCUT2D eigenvalue weighted by Gasteiger charge is -2.10. The summed E-state index contributed by atoms with van der Waals surface area (Å²) in [5.41, 5.74) is 5.11. The van der Waals surface area contributed by atoms with Crippen LogP contribution in [0.15, 0.2) is 66.1 Å². The normalized spacial score (nSPS) is 11.1. The molecule has 6 nitrogen and oxygen atoms in total. The third-order valence-corrected chi connectivity index (χ3v) is 6.45. The van der Waals surface area contributed by atoms with Crippen molar-refractivity contribution in [2.24, 2.45) is 7.05 Å². The lowest BCUT2D eigenvalue weighted by atomic mass is 10.1. The standard InChI is InChI=1S/C24H25N5OS/c1-17-14-21(18(2)29(17)13-11-19-8-5-4-6-9-19)22(30)16-31-24-27-26-23(28(24)3)20-10-7-12-25-15-20/h4-10,12,14-15H,11,13,16H2,1-3H3. The van der Waals surface area contributed by atoms with E-state index in [1.165, 1.54) is 17.3 Å². The lowest BCUT2D eigenvalue weighted by Crippen LogP contribution is -2.08. The van der Waals surface area contributed by atoms with Gasteiger partial charge in [0.1, 0.15) is 0 Å². The Labute approximate surface area is 186 Å². The fraction of sp³-hybridized carbons (Fsp3) is 0.250. The Balaban J connectivity index is 1.43. The second-order valence-electron chi connectivity index (χ2n) is 7.49. The van der Waals surface area contributed by atoms with Gasteiger partial charge in [-0.2, -0.15) is 0 Å². The zero-order valence-electron chi connectivity index (χ0n) is 17.9. The number of nitrogens with zero attached hydrogens (tertiary/aromatic N) is 5. The summed E-state index contributed by atoms with van der Waals surface area (Å²) in [5.74, 6) is 1.17. The van der Waals surface area contributed by atoms with Crippen LogP contribution in [0.4, 0.5) is 0 Å². The number of ketones is 1. The molecule has 158 valence electrons. The van der Waals surface area contributed by atoms with Gasteiger partial charge in [-0.25, -0.2) is 0 Å². The van der Waals surface area contributed by atoms with Crippen molar-refractivity contribution in [3.05, 3.63) is 83.4 Å². The van der Waals surface area contributed by atoms with Gasteiger partial charge >= 0.3 is 0 Å². The molecule has 0 bridgehead atoms. The van der Waals surface area contributed by atoms with Gasteiger partial charge in [-0.05, 0) is 44.0 Å². The largest absolute Gasteiger partial charge is 0.348 e. The second kappa shape index (κ2) is 9.31. The Morgan fingerprint density at radius 3 is 2.61 bits per heavy atom. The van der Waals surface area contributed by atoms with E-state index in [0.29, 0.717) is 10.9 Å². The minimum absolute atomic E-state index is 0.106. The molecule has 0 aliphatic carbocycles. The summed E-state index contributed by atoms with van der Waals surface area (Å²) in [6.07, 6.45) is 4.42. The fourth-order valence-corrected chi connectivity index (χ4v) is 4.50. The van der Waals surface area contributed by atoms with Crippen molar-refractivity contribution in [3.63, 3.8) is 0 Å². The number of hydrogen-bond acceptors (Lipinski definition) is 5. The summed E-state index contributed by atoms with van der Waals surface area (Å²) in [4.78, 5) is 17.1.